The zero-order valence-electron chi connectivity index (χ0n) is 59.4. The molecule has 0 bridgehead atoms. The molecule has 0 rings (SSSR count). The largest absolute Gasteiger partial charge is 4.00 e. The zero-order valence-corrected chi connectivity index (χ0v) is 65.4. The minimum Gasteiger partial charge on any atom is -0.781 e. The predicted molar refractivity (Wildman–Crippen MR) is 378 cm³/mol. The second-order valence-electron chi connectivity index (χ2n) is 25.6. The summed E-state index contributed by atoms with van der Waals surface area (Å²) in [5.74, 6) is 0. The first-order chi connectivity index (χ1) is 43.1. The van der Waals surface area contributed by atoms with Gasteiger partial charge in [-0.15, -0.1) is 0 Å². The smallest absolute Gasteiger partial charge is 0.781 e. The summed E-state index contributed by atoms with van der Waals surface area (Å²) in [6.45, 7) is 10.6. The molecule has 0 aromatic rings. The normalized spacial score (nSPS) is 12.5. The Labute approximate surface area is 571 Å². The second-order valence-corrected chi connectivity index (χ2v) is 28.8. The van der Waals surface area contributed by atoms with Gasteiger partial charge in [0, 0.05) is 0 Å². The van der Waals surface area contributed by atoms with E-state index in [1.807, 2.05) is 0 Å². The Morgan fingerprint density at radius 2 is 0.247 bits per heavy atom. The van der Waals surface area contributed by atoms with E-state index in [0.717, 1.165) is 51.4 Å². The molecule has 0 N–H and O–H groups in total. The Kier molecular flexibility index (Phi) is 106. The fourth-order valence-electron chi connectivity index (χ4n) is 11.2. The fraction of sp³-hybridized carbons (Fsp3) is 1.00. The first kappa shape index (κ1) is 99.0. The Bertz CT molecular complexity index is 1140. The van der Waals surface area contributed by atoms with Crippen LogP contribution in [0.15, 0.2) is 0 Å². The Morgan fingerprint density at radius 3 is 0.326 bits per heavy atom. The van der Waals surface area contributed by atoms with Crippen LogP contribution in [-0.4, -0.2) is 26.4 Å². The first-order valence-electron chi connectivity index (χ1n) is 38.4. The molecule has 0 spiro atoms. The van der Waals surface area contributed by atoms with Gasteiger partial charge < -0.3 is 55.9 Å². The number of rotatable bonds is 72. The molecule has 0 saturated carbocycles. The number of hydrogen-bond donors (Lipinski definition) is 0. The van der Waals surface area contributed by atoms with Crippen molar-refractivity contribution in [3.8, 4) is 0 Å². The predicted octanol–water partition coefficient (Wildman–Crippen LogP) is 24.1. The van der Waals surface area contributed by atoms with Crippen molar-refractivity contribution in [2.45, 2.75) is 439 Å². The van der Waals surface area contributed by atoms with E-state index in [4.69, 9.17) is 0 Å². The molecule has 0 aromatic carbocycles. The molecule has 0 heterocycles. The number of hydrogen-bond acceptors (Lipinski definition) is 12. The standard InChI is InChI=1S/4C18H39O3P.Mo/c4*1-2-3-4-5-6-7-8-9-10-11-12-13-14-15-16-17-18-21-22(19)20;/h4*22H,2-18H2,1H3,(H,19,20);/q;;;;+4/p-4. The summed E-state index contributed by atoms with van der Waals surface area (Å²) in [6, 6.07) is 0. The van der Waals surface area contributed by atoms with Crippen LogP contribution in [0.2, 0.25) is 0 Å². The van der Waals surface area contributed by atoms with Crippen molar-refractivity contribution in [3.63, 3.8) is 0 Å². The van der Waals surface area contributed by atoms with Gasteiger partial charge in [-0.1, -0.05) is 413 Å². The van der Waals surface area contributed by atoms with Crippen LogP contribution >= 0.6 is 33.0 Å². The van der Waals surface area contributed by atoms with Crippen LogP contribution in [0.3, 0.4) is 0 Å². The van der Waals surface area contributed by atoms with Crippen molar-refractivity contribution in [3.05, 3.63) is 0 Å². The third kappa shape index (κ3) is 114. The van der Waals surface area contributed by atoms with Crippen LogP contribution in [0.4, 0.5) is 0 Å². The molecule has 17 heteroatoms. The molecular formula is C72H152MoO12P4. The molecule has 4 atom stereocenters. The quantitative estimate of drug-likeness (QED) is 0.0318. The van der Waals surface area contributed by atoms with Gasteiger partial charge in [0.25, 0.3) is 0 Å². The van der Waals surface area contributed by atoms with Crippen LogP contribution in [0.25, 0.3) is 0 Å². The van der Waals surface area contributed by atoms with Crippen LogP contribution in [0, 0.1) is 0 Å². The van der Waals surface area contributed by atoms with Gasteiger partial charge in [-0.05, 0) is 25.7 Å². The van der Waals surface area contributed by atoms with Crippen molar-refractivity contribution in [1.29, 1.82) is 0 Å². The van der Waals surface area contributed by atoms with E-state index in [1.54, 1.807) is 0 Å². The summed E-state index contributed by atoms with van der Waals surface area (Å²) < 4.78 is 59.1. The topological polar surface area (TPSA) is 197 Å². The maximum absolute atomic E-state index is 10.2. The van der Waals surface area contributed by atoms with E-state index < -0.39 is 33.0 Å². The van der Waals surface area contributed by atoms with E-state index in [2.05, 4.69) is 45.8 Å². The van der Waals surface area contributed by atoms with Gasteiger partial charge in [0.2, 0.25) is 0 Å². The summed E-state index contributed by atoms with van der Waals surface area (Å²) in [5, 5.41) is 0. The average molecular weight is 1430 g/mol. The van der Waals surface area contributed by atoms with Gasteiger partial charge in [0.1, 0.15) is 33.0 Å². The Hall–Kier alpha value is 1.29. The first-order valence-corrected chi connectivity index (χ1v) is 43.3. The molecule has 0 aromatic heterocycles. The van der Waals surface area contributed by atoms with Crippen LogP contribution < -0.4 is 19.6 Å². The molecular weight excluding hydrogens is 1280 g/mol. The van der Waals surface area contributed by atoms with Gasteiger partial charge in [-0.2, -0.15) is 0 Å². The van der Waals surface area contributed by atoms with E-state index >= 15 is 0 Å². The molecule has 0 aliphatic heterocycles. The van der Waals surface area contributed by atoms with Crippen LogP contribution in [0.1, 0.15) is 439 Å². The third-order valence-corrected chi connectivity index (χ3v) is 18.6. The van der Waals surface area contributed by atoms with Crippen molar-refractivity contribution in [1.82, 2.24) is 0 Å². The molecule has 0 amide bonds. The zero-order chi connectivity index (χ0) is 65.2. The van der Waals surface area contributed by atoms with Crippen molar-refractivity contribution < 1.29 is 77.0 Å². The van der Waals surface area contributed by atoms with E-state index in [9.17, 15) is 37.8 Å². The third-order valence-electron chi connectivity index (χ3n) is 16.9. The van der Waals surface area contributed by atoms with Gasteiger partial charge in [0.15, 0.2) is 0 Å². The molecule has 0 aliphatic rings. The summed E-state index contributed by atoms with van der Waals surface area (Å²) in [6.07, 6.45) is 85.0. The Morgan fingerprint density at radius 1 is 0.169 bits per heavy atom. The number of unbranched alkanes of at least 4 members (excludes halogenated alkanes) is 60. The second kappa shape index (κ2) is 95.7. The van der Waals surface area contributed by atoms with Crippen molar-refractivity contribution in [2.75, 3.05) is 26.4 Å². The molecule has 0 fully saturated rings. The summed E-state index contributed by atoms with van der Waals surface area (Å²) in [5.41, 5.74) is 0. The summed E-state index contributed by atoms with van der Waals surface area (Å²) >= 11 is 0. The van der Waals surface area contributed by atoms with E-state index in [1.165, 1.54) is 360 Å². The summed E-state index contributed by atoms with van der Waals surface area (Å²) in [4.78, 5) is 40.8. The molecule has 12 nitrogen and oxygen atoms in total. The fourth-order valence-corrected chi connectivity index (χ4v) is 12.5. The van der Waals surface area contributed by atoms with E-state index in [-0.39, 0.29) is 21.1 Å². The summed E-state index contributed by atoms with van der Waals surface area (Å²) in [7, 11) is -11.8. The van der Waals surface area contributed by atoms with Gasteiger partial charge >= 0.3 is 21.1 Å². The molecule has 538 valence electrons. The molecule has 0 radical (unpaired) electrons. The average Bonchev–Trinajstić information content (AvgIpc) is 3.50. The van der Waals surface area contributed by atoms with E-state index in [0.29, 0.717) is 26.4 Å². The maximum Gasteiger partial charge on any atom is 4.00 e. The van der Waals surface area contributed by atoms with Gasteiger partial charge in [0.05, 0.1) is 26.4 Å². The van der Waals surface area contributed by atoms with Crippen LogP contribution in [-0.2, 0) is 57.4 Å². The van der Waals surface area contributed by atoms with Gasteiger partial charge in [-0.3, -0.25) is 0 Å². The molecule has 0 saturated heterocycles. The maximum atomic E-state index is 10.2. The van der Waals surface area contributed by atoms with Crippen LogP contribution in [0.5, 0.6) is 0 Å². The monoisotopic (exact) mass is 1430 g/mol. The molecule has 0 aliphatic carbocycles. The Balaban J connectivity index is -0.000000351. The molecule has 4 unspecified atom stereocenters. The molecule has 89 heavy (non-hydrogen) atoms. The minimum absolute atomic E-state index is 0. The van der Waals surface area contributed by atoms with Gasteiger partial charge in [-0.25, -0.2) is 0 Å². The minimum atomic E-state index is -2.95. The van der Waals surface area contributed by atoms with Crippen molar-refractivity contribution in [2.24, 2.45) is 0 Å². The van der Waals surface area contributed by atoms with Crippen molar-refractivity contribution >= 4 is 33.0 Å². The SMILES string of the molecule is CCCCCCCCCCCCCCCCCCO[PH](=O)[O-].CCCCCCCCCCCCCCCCCCO[PH](=O)[O-].CCCCCCCCCCCCCCCCCCO[PH](=O)[O-].CCCCCCCCCCCCCCCCCCO[PH](=O)[O-].[Mo+4].